The molecule has 0 spiro atoms. The summed E-state index contributed by atoms with van der Waals surface area (Å²) in [5.41, 5.74) is 2.47. The smallest absolute Gasteiger partial charge is 0.251 e. The number of carbonyl (C=O) groups excluding carboxylic acids is 3. The number of rotatable bonds is 9. The van der Waals surface area contributed by atoms with E-state index in [0.29, 0.717) is 23.4 Å². The summed E-state index contributed by atoms with van der Waals surface area (Å²) in [7, 11) is 1.56. The molecular weight excluding hydrogens is 356 g/mol. The average molecular weight is 382 g/mol. The third-order valence-corrected chi connectivity index (χ3v) is 4.07. The minimum atomic E-state index is -0.214. The second-order valence-corrected chi connectivity index (χ2v) is 6.25. The second kappa shape index (κ2) is 10.7. The number of unbranched alkanes of at least 4 members (excludes halogenated alkanes) is 1. The average Bonchev–Trinajstić information content (AvgIpc) is 2.72. The SMILES string of the molecule is CCCCNC(=O)c1ccc(NCC(=O)Nc2ccc(C(=O)NC)cc2)cc1. The summed E-state index contributed by atoms with van der Waals surface area (Å²) in [6.07, 6.45) is 1.98. The van der Waals surface area contributed by atoms with Gasteiger partial charge in [0.1, 0.15) is 0 Å². The van der Waals surface area contributed by atoms with E-state index in [-0.39, 0.29) is 24.3 Å². The lowest BCUT2D eigenvalue weighted by Gasteiger charge is -2.09. The van der Waals surface area contributed by atoms with Crippen LogP contribution in [0.3, 0.4) is 0 Å². The largest absolute Gasteiger partial charge is 0.376 e. The summed E-state index contributed by atoms with van der Waals surface area (Å²) in [4.78, 5) is 35.5. The van der Waals surface area contributed by atoms with Gasteiger partial charge in [0.15, 0.2) is 0 Å². The third kappa shape index (κ3) is 6.42. The molecule has 0 aliphatic heterocycles. The van der Waals surface area contributed by atoms with Gasteiger partial charge in [0.2, 0.25) is 5.91 Å². The van der Waals surface area contributed by atoms with Gasteiger partial charge in [-0.3, -0.25) is 14.4 Å². The van der Waals surface area contributed by atoms with Crippen LogP contribution in [0.25, 0.3) is 0 Å². The highest BCUT2D eigenvalue weighted by Gasteiger charge is 2.07. The molecule has 0 aromatic heterocycles. The number of benzene rings is 2. The summed E-state index contributed by atoms with van der Waals surface area (Å²) >= 11 is 0. The van der Waals surface area contributed by atoms with Crippen LogP contribution in [-0.4, -0.2) is 37.9 Å². The normalized spacial score (nSPS) is 10.1. The fraction of sp³-hybridized carbons (Fsp3) is 0.286. The number of carbonyl (C=O) groups is 3. The van der Waals surface area contributed by atoms with E-state index in [1.54, 1.807) is 55.6 Å². The van der Waals surface area contributed by atoms with E-state index in [1.165, 1.54) is 0 Å². The maximum absolute atomic E-state index is 12.1. The van der Waals surface area contributed by atoms with Crippen LogP contribution in [0.15, 0.2) is 48.5 Å². The Morgan fingerprint density at radius 1 is 0.821 bits per heavy atom. The molecule has 0 unspecified atom stereocenters. The minimum Gasteiger partial charge on any atom is -0.376 e. The molecule has 28 heavy (non-hydrogen) atoms. The van der Waals surface area contributed by atoms with E-state index in [9.17, 15) is 14.4 Å². The number of anilines is 2. The van der Waals surface area contributed by atoms with Gasteiger partial charge < -0.3 is 21.3 Å². The zero-order chi connectivity index (χ0) is 20.4. The van der Waals surface area contributed by atoms with E-state index in [4.69, 9.17) is 0 Å². The van der Waals surface area contributed by atoms with Crippen molar-refractivity contribution in [1.29, 1.82) is 0 Å². The lowest BCUT2D eigenvalue weighted by Crippen LogP contribution is -2.24. The van der Waals surface area contributed by atoms with E-state index in [0.717, 1.165) is 18.5 Å². The summed E-state index contributed by atoms with van der Waals surface area (Å²) in [5, 5.41) is 11.2. The van der Waals surface area contributed by atoms with Gasteiger partial charge in [-0.25, -0.2) is 0 Å². The van der Waals surface area contributed by atoms with Gasteiger partial charge in [-0.15, -0.1) is 0 Å². The standard InChI is InChI=1S/C21H26N4O3/c1-3-4-13-23-21(28)16-5-9-17(10-6-16)24-14-19(26)25-18-11-7-15(8-12-18)20(27)22-2/h5-12,24H,3-4,13-14H2,1-2H3,(H,22,27)(H,23,28)(H,25,26). The molecule has 0 saturated carbocycles. The van der Waals surface area contributed by atoms with Crippen LogP contribution < -0.4 is 21.3 Å². The summed E-state index contributed by atoms with van der Waals surface area (Å²) in [5.74, 6) is -0.492. The number of hydrogen-bond donors (Lipinski definition) is 4. The fourth-order valence-corrected chi connectivity index (χ4v) is 2.46. The lowest BCUT2D eigenvalue weighted by molar-refractivity contribution is -0.114. The zero-order valence-corrected chi connectivity index (χ0v) is 16.2. The number of nitrogens with one attached hydrogen (secondary N) is 4. The Labute approximate surface area is 164 Å². The number of hydrogen-bond acceptors (Lipinski definition) is 4. The van der Waals surface area contributed by atoms with E-state index in [1.807, 2.05) is 0 Å². The Balaban J connectivity index is 1.80. The first-order chi connectivity index (χ1) is 13.5. The molecule has 2 rings (SSSR count). The van der Waals surface area contributed by atoms with Gasteiger partial charge in [-0.1, -0.05) is 13.3 Å². The fourth-order valence-electron chi connectivity index (χ4n) is 2.46. The lowest BCUT2D eigenvalue weighted by atomic mass is 10.2. The highest BCUT2D eigenvalue weighted by molar-refractivity contribution is 5.97. The van der Waals surface area contributed by atoms with Crippen molar-refractivity contribution in [2.45, 2.75) is 19.8 Å². The summed E-state index contributed by atoms with van der Waals surface area (Å²) in [6, 6.07) is 13.6. The van der Waals surface area contributed by atoms with Gasteiger partial charge in [0.25, 0.3) is 11.8 Å². The van der Waals surface area contributed by atoms with Crippen molar-refractivity contribution in [3.05, 3.63) is 59.7 Å². The van der Waals surface area contributed by atoms with Crippen molar-refractivity contribution < 1.29 is 14.4 Å². The third-order valence-electron chi connectivity index (χ3n) is 4.07. The van der Waals surface area contributed by atoms with E-state index < -0.39 is 0 Å². The first kappa shape index (κ1) is 21.0. The molecule has 0 aliphatic carbocycles. The maximum atomic E-state index is 12.1. The van der Waals surface area contributed by atoms with Gasteiger partial charge in [0, 0.05) is 36.1 Å². The molecule has 0 fully saturated rings. The Hall–Kier alpha value is -3.35. The molecular formula is C21H26N4O3. The predicted molar refractivity (Wildman–Crippen MR) is 111 cm³/mol. The predicted octanol–water partition coefficient (Wildman–Crippen LogP) is 2.63. The Morgan fingerprint density at radius 3 is 1.96 bits per heavy atom. The summed E-state index contributed by atoms with van der Waals surface area (Å²) in [6.45, 7) is 2.82. The molecule has 4 N–H and O–H groups in total. The van der Waals surface area contributed by atoms with Crippen LogP contribution in [0.4, 0.5) is 11.4 Å². The quantitative estimate of drug-likeness (QED) is 0.501. The molecule has 0 heterocycles. The Morgan fingerprint density at radius 2 is 1.39 bits per heavy atom. The Bertz CT molecular complexity index is 801. The van der Waals surface area contributed by atoms with Gasteiger partial charge in [-0.2, -0.15) is 0 Å². The molecule has 2 aromatic carbocycles. The van der Waals surface area contributed by atoms with Crippen molar-refractivity contribution in [3.8, 4) is 0 Å². The monoisotopic (exact) mass is 382 g/mol. The highest BCUT2D eigenvalue weighted by Crippen LogP contribution is 2.11. The molecule has 0 radical (unpaired) electrons. The second-order valence-electron chi connectivity index (χ2n) is 6.25. The molecule has 0 bridgehead atoms. The highest BCUT2D eigenvalue weighted by atomic mass is 16.2. The molecule has 7 nitrogen and oxygen atoms in total. The van der Waals surface area contributed by atoms with Crippen LogP contribution in [0.2, 0.25) is 0 Å². The Kier molecular flexibility index (Phi) is 8.02. The zero-order valence-electron chi connectivity index (χ0n) is 16.2. The van der Waals surface area contributed by atoms with Crippen LogP contribution in [0.1, 0.15) is 40.5 Å². The van der Waals surface area contributed by atoms with Crippen molar-refractivity contribution in [2.24, 2.45) is 0 Å². The van der Waals surface area contributed by atoms with Crippen LogP contribution in [0, 0.1) is 0 Å². The molecule has 2 aromatic rings. The number of amides is 3. The molecule has 3 amide bonds. The van der Waals surface area contributed by atoms with Crippen molar-refractivity contribution in [1.82, 2.24) is 10.6 Å². The van der Waals surface area contributed by atoms with Crippen LogP contribution >= 0.6 is 0 Å². The van der Waals surface area contributed by atoms with Gasteiger partial charge in [-0.05, 0) is 55.0 Å². The molecule has 0 atom stereocenters. The topological polar surface area (TPSA) is 99.3 Å². The van der Waals surface area contributed by atoms with Crippen molar-refractivity contribution in [2.75, 3.05) is 30.8 Å². The first-order valence-corrected chi connectivity index (χ1v) is 9.27. The molecule has 7 heteroatoms. The minimum absolute atomic E-state index is 0.0826. The van der Waals surface area contributed by atoms with Crippen LogP contribution in [-0.2, 0) is 4.79 Å². The van der Waals surface area contributed by atoms with E-state index >= 15 is 0 Å². The maximum Gasteiger partial charge on any atom is 0.251 e. The first-order valence-electron chi connectivity index (χ1n) is 9.27. The molecule has 148 valence electrons. The summed E-state index contributed by atoms with van der Waals surface area (Å²) < 4.78 is 0. The molecule has 0 aliphatic rings. The van der Waals surface area contributed by atoms with Crippen molar-refractivity contribution in [3.63, 3.8) is 0 Å². The van der Waals surface area contributed by atoms with Crippen molar-refractivity contribution >= 4 is 29.1 Å². The van der Waals surface area contributed by atoms with E-state index in [2.05, 4.69) is 28.2 Å². The van der Waals surface area contributed by atoms with Crippen LogP contribution in [0.5, 0.6) is 0 Å². The van der Waals surface area contributed by atoms with Gasteiger partial charge >= 0.3 is 0 Å². The molecule has 0 saturated heterocycles. The van der Waals surface area contributed by atoms with Gasteiger partial charge in [0.05, 0.1) is 6.54 Å².